The van der Waals surface area contributed by atoms with Gasteiger partial charge in [0.1, 0.15) is 5.76 Å². The number of sulfonamides is 1. The van der Waals surface area contributed by atoms with Crippen LogP contribution >= 0.6 is 0 Å². The Morgan fingerprint density at radius 2 is 2.04 bits per heavy atom. The van der Waals surface area contributed by atoms with Crippen molar-refractivity contribution in [2.24, 2.45) is 5.92 Å². The van der Waals surface area contributed by atoms with E-state index < -0.39 is 15.9 Å². The van der Waals surface area contributed by atoms with Crippen LogP contribution in [-0.2, 0) is 14.8 Å². The van der Waals surface area contributed by atoms with E-state index in [-0.39, 0.29) is 16.7 Å². The number of amides is 1. The molecule has 2 atom stereocenters. The van der Waals surface area contributed by atoms with E-state index in [1.54, 1.807) is 30.5 Å². The number of anilines is 1. The summed E-state index contributed by atoms with van der Waals surface area (Å²) in [6.45, 7) is 1.91. The first kappa shape index (κ1) is 16.6. The summed E-state index contributed by atoms with van der Waals surface area (Å²) in [5, 5.41) is 0. The fraction of sp³-hybridized carbons (Fsp3) is 0.353. The van der Waals surface area contributed by atoms with Crippen LogP contribution in [0.2, 0.25) is 0 Å². The Morgan fingerprint density at radius 3 is 2.67 bits per heavy atom. The van der Waals surface area contributed by atoms with E-state index in [2.05, 4.69) is 4.72 Å². The van der Waals surface area contributed by atoms with Gasteiger partial charge in [0.15, 0.2) is 0 Å². The molecule has 7 heteroatoms. The average molecular weight is 348 g/mol. The van der Waals surface area contributed by atoms with Crippen molar-refractivity contribution < 1.29 is 17.6 Å². The SMILES string of the molecule is Cc1ccc(S(=O)(=O)NC(=O)[C@H]2C[C@@H]2c2ccco2)cc1N(C)C. The summed E-state index contributed by atoms with van der Waals surface area (Å²) in [7, 11) is -0.201. The largest absolute Gasteiger partial charge is 0.469 e. The van der Waals surface area contributed by atoms with Crippen molar-refractivity contribution in [2.45, 2.75) is 24.2 Å². The first-order chi connectivity index (χ1) is 11.3. The van der Waals surface area contributed by atoms with Crippen molar-refractivity contribution in [1.82, 2.24) is 4.72 Å². The van der Waals surface area contributed by atoms with Crippen LogP contribution in [0.1, 0.15) is 23.7 Å². The molecule has 1 aliphatic rings. The van der Waals surface area contributed by atoms with Crippen LogP contribution < -0.4 is 9.62 Å². The standard InChI is InChI=1S/C17H20N2O4S/c1-11-6-7-12(9-15(11)19(2)3)24(21,22)18-17(20)14-10-13(14)16-5-4-8-23-16/h4-9,13-14H,10H2,1-3H3,(H,18,20)/t13-,14-/m0/s1. The molecule has 1 aromatic carbocycles. The fourth-order valence-electron chi connectivity index (χ4n) is 2.81. The molecule has 0 unspecified atom stereocenters. The van der Waals surface area contributed by atoms with Crippen LogP contribution in [0.25, 0.3) is 0 Å². The topological polar surface area (TPSA) is 79.6 Å². The summed E-state index contributed by atoms with van der Waals surface area (Å²) in [6, 6.07) is 8.37. The lowest BCUT2D eigenvalue weighted by Crippen LogP contribution is -2.32. The molecule has 128 valence electrons. The molecule has 0 saturated heterocycles. The Kier molecular flexibility index (Phi) is 4.13. The summed E-state index contributed by atoms with van der Waals surface area (Å²) >= 11 is 0. The van der Waals surface area contributed by atoms with E-state index in [4.69, 9.17) is 4.42 Å². The summed E-state index contributed by atoms with van der Waals surface area (Å²) < 4.78 is 32.4. The second-order valence-corrected chi connectivity index (χ2v) is 7.96. The molecule has 1 N–H and O–H groups in total. The maximum atomic E-state index is 12.5. The number of furan rings is 1. The minimum Gasteiger partial charge on any atom is -0.469 e. The van der Waals surface area contributed by atoms with E-state index in [1.807, 2.05) is 25.9 Å². The molecule has 24 heavy (non-hydrogen) atoms. The maximum Gasteiger partial charge on any atom is 0.264 e. The summed E-state index contributed by atoms with van der Waals surface area (Å²) in [4.78, 5) is 14.2. The lowest BCUT2D eigenvalue weighted by molar-refractivity contribution is -0.120. The van der Waals surface area contributed by atoms with Crippen LogP contribution in [-0.4, -0.2) is 28.4 Å². The minimum atomic E-state index is -3.89. The molecule has 6 nitrogen and oxygen atoms in total. The van der Waals surface area contributed by atoms with E-state index in [0.717, 1.165) is 17.0 Å². The predicted octanol–water partition coefficient (Wildman–Crippen LogP) is 2.26. The van der Waals surface area contributed by atoms with E-state index >= 15 is 0 Å². The van der Waals surface area contributed by atoms with Gasteiger partial charge in [-0.2, -0.15) is 0 Å². The predicted molar refractivity (Wildman–Crippen MR) is 90.4 cm³/mol. The number of hydrogen-bond donors (Lipinski definition) is 1. The van der Waals surface area contributed by atoms with Crippen LogP contribution in [0, 0.1) is 12.8 Å². The number of benzene rings is 1. The van der Waals surface area contributed by atoms with Crippen LogP contribution in [0.5, 0.6) is 0 Å². The highest BCUT2D eigenvalue weighted by Gasteiger charge is 2.46. The van der Waals surface area contributed by atoms with Gasteiger partial charge in [0.2, 0.25) is 5.91 Å². The Morgan fingerprint density at radius 1 is 1.29 bits per heavy atom. The molecule has 1 amide bonds. The second kappa shape index (κ2) is 5.98. The lowest BCUT2D eigenvalue weighted by atomic mass is 10.2. The quantitative estimate of drug-likeness (QED) is 0.896. The summed E-state index contributed by atoms with van der Waals surface area (Å²) in [5.41, 5.74) is 1.76. The molecular formula is C17H20N2O4S. The van der Waals surface area contributed by atoms with Crippen LogP contribution in [0.15, 0.2) is 45.9 Å². The second-order valence-electron chi connectivity index (χ2n) is 6.28. The van der Waals surface area contributed by atoms with Crippen molar-refractivity contribution in [3.05, 3.63) is 47.9 Å². The number of rotatable bonds is 5. The molecule has 1 aliphatic carbocycles. The monoisotopic (exact) mass is 348 g/mol. The first-order valence-corrected chi connectivity index (χ1v) is 9.16. The third-order valence-corrected chi connectivity index (χ3v) is 5.59. The fourth-order valence-corrected chi connectivity index (χ4v) is 3.85. The number of hydrogen-bond acceptors (Lipinski definition) is 5. The van der Waals surface area contributed by atoms with Crippen molar-refractivity contribution in [3.8, 4) is 0 Å². The van der Waals surface area contributed by atoms with Crippen LogP contribution in [0.3, 0.4) is 0 Å². The van der Waals surface area contributed by atoms with E-state index in [0.29, 0.717) is 6.42 Å². The molecule has 1 heterocycles. The van der Waals surface area contributed by atoms with Gasteiger partial charge in [-0.25, -0.2) is 13.1 Å². The van der Waals surface area contributed by atoms with E-state index in [9.17, 15) is 13.2 Å². The molecule has 1 saturated carbocycles. The van der Waals surface area contributed by atoms with Crippen molar-refractivity contribution in [2.75, 3.05) is 19.0 Å². The third kappa shape index (κ3) is 3.17. The average Bonchev–Trinajstić information content (AvgIpc) is 3.13. The first-order valence-electron chi connectivity index (χ1n) is 7.67. The Bertz CT molecular complexity index is 857. The van der Waals surface area contributed by atoms with Gasteiger partial charge < -0.3 is 9.32 Å². The number of aryl methyl sites for hydroxylation is 1. The zero-order valence-corrected chi connectivity index (χ0v) is 14.6. The van der Waals surface area contributed by atoms with Crippen molar-refractivity contribution in [3.63, 3.8) is 0 Å². The van der Waals surface area contributed by atoms with Gasteiger partial charge in [0, 0.05) is 31.6 Å². The molecule has 0 bridgehead atoms. The zero-order valence-electron chi connectivity index (χ0n) is 13.8. The van der Waals surface area contributed by atoms with Gasteiger partial charge in [-0.05, 0) is 43.2 Å². The lowest BCUT2D eigenvalue weighted by Gasteiger charge is -2.17. The molecule has 1 aromatic heterocycles. The van der Waals surface area contributed by atoms with Gasteiger partial charge in [0.25, 0.3) is 10.0 Å². The highest BCUT2D eigenvalue weighted by atomic mass is 32.2. The molecule has 1 fully saturated rings. The minimum absolute atomic E-state index is 0.0365. The number of nitrogens with zero attached hydrogens (tertiary/aromatic N) is 1. The van der Waals surface area contributed by atoms with Gasteiger partial charge >= 0.3 is 0 Å². The van der Waals surface area contributed by atoms with Gasteiger partial charge in [-0.1, -0.05) is 6.07 Å². The Balaban J connectivity index is 1.75. The van der Waals surface area contributed by atoms with Crippen molar-refractivity contribution in [1.29, 1.82) is 0 Å². The van der Waals surface area contributed by atoms with Crippen LogP contribution in [0.4, 0.5) is 5.69 Å². The number of nitrogens with one attached hydrogen (secondary N) is 1. The van der Waals surface area contributed by atoms with Crippen molar-refractivity contribution >= 4 is 21.6 Å². The molecular weight excluding hydrogens is 328 g/mol. The van der Waals surface area contributed by atoms with Gasteiger partial charge in [0.05, 0.1) is 11.2 Å². The van der Waals surface area contributed by atoms with Gasteiger partial charge in [-0.3, -0.25) is 4.79 Å². The molecule has 0 aliphatic heterocycles. The Labute approximate surface area is 141 Å². The van der Waals surface area contributed by atoms with Gasteiger partial charge in [-0.15, -0.1) is 0 Å². The summed E-state index contributed by atoms with van der Waals surface area (Å²) in [5.74, 6) is -0.156. The van der Waals surface area contributed by atoms with E-state index in [1.165, 1.54) is 6.07 Å². The highest BCUT2D eigenvalue weighted by Crippen LogP contribution is 2.47. The normalized spacial score (nSPS) is 19.8. The zero-order chi connectivity index (χ0) is 17.5. The molecule has 3 rings (SSSR count). The smallest absolute Gasteiger partial charge is 0.264 e. The molecule has 0 radical (unpaired) electrons. The molecule has 2 aromatic rings. The third-order valence-electron chi connectivity index (χ3n) is 4.24. The number of carbonyl (C=O) groups is 1. The maximum absolute atomic E-state index is 12.5. The molecule has 0 spiro atoms. The number of carbonyl (C=O) groups excluding carboxylic acids is 1. The summed E-state index contributed by atoms with van der Waals surface area (Å²) in [6.07, 6.45) is 2.15. The Hall–Kier alpha value is -2.28. The highest BCUT2D eigenvalue weighted by molar-refractivity contribution is 7.90.